The molecule has 8 nitrogen and oxygen atoms in total. The quantitative estimate of drug-likeness (QED) is 0.440. The highest BCUT2D eigenvalue weighted by molar-refractivity contribution is 6.31. The van der Waals surface area contributed by atoms with Gasteiger partial charge in [0.15, 0.2) is 5.78 Å². The normalized spacial score (nSPS) is 14.9. The van der Waals surface area contributed by atoms with Crippen molar-refractivity contribution in [3.8, 4) is 0 Å². The Morgan fingerprint density at radius 1 is 1.12 bits per heavy atom. The van der Waals surface area contributed by atoms with Gasteiger partial charge < -0.3 is 20.5 Å². The van der Waals surface area contributed by atoms with E-state index in [4.69, 9.17) is 21.4 Å². The summed E-state index contributed by atoms with van der Waals surface area (Å²) in [5, 5.41) is 13.9. The number of hydrogen-bond donors (Lipinski definition) is 3. The minimum Gasteiger partial charge on any atom is -0.465 e. The lowest BCUT2D eigenvalue weighted by molar-refractivity contribution is -0.121. The van der Waals surface area contributed by atoms with Gasteiger partial charge in [-0.25, -0.2) is 9.18 Å². The molecule has 0 saturated carbocycles. The molecule has 1 aliphatic heterocycles. The van der Waals surface area contributed by atoms with E-state index in [9.17, 15) is 18.8 Å². The third-order valence-corrected chi connectivity index (χ3v) is 5.80. The molecule has 0 aromatic heterocycles. The van der Waals surface area contributed by atoms with Crippen LogP contribution in [0.5, 0.6) is 0 Å². The SMILES string of the molecule is O=C(O)NCC(=O)NC(CCCN1CCOCC1)c1ccc(Cl)cc1C(=O)c1ccccc1F. The third kappa shape index (κ3) is 7.24. The number of benzene rings is 2. The van der Waals surface area contributed by atoms with Crippen LogP contribution >= 0.6 is 11.6 Å². The number of ketones is 1. The van der Waals surface area contributed by atoms with E-state index in [-0.39, 0.29) is 11.1 Å². The van der Waals surface area contributed by atoms with Crippen LogP contribution in [-0.4, -0.2) is 67.2 Å². The molecule has 1 unspecified atom stereocenters. The molecule has 182 valence electrons. The Balaban J connectivity index is 1.85. The summed E-state index contributed by atoms with van der Waals surface area (Å²) in [4.78, 5) is 38.7. The van der Waals surface area contributed by atoms with Crippen LogP contribution in [0, 0.1) is 5.82 Å². The van der Waals surface area contributed by atoms with Crippen molar-refractivity contribution in [2.45, 2.75) is 18.9 Å². The zero-order valence-electron chi connectivity index (χ0n) is 18.6. The number of carbonyl (C=O) groups excluding carboxylic acids is 2. The fourth-order valence-electron chi connectivity index (χ4n) is 3.87. The van der Waals surface area contributed by atoms with Crippen LogP contribution < -0.4 is 10.6 Å². The molecule has 0 bridgehead atoms. The lowest BCUT2D eigenvalue weighted by Gasteiger charge is -2.28. The monoisotopic (exact) mass is 491 g/mol. The maximum atomic E-state index is 14.4. The van der Waals surface area contributed by atoms with Crippen LogP contribution in [0.25, 0.3) is 0 Å². The number of rotatable bonds is 10. The van der Waals surface area contributed by atoms with Gasteiger partial charge in [-0.2, -0.15) is 0 Å². The van der Waals surface area contributed by atoms with Crippen molar-refractivity contribution in [2.75, 3.05) is 39.4 Å². The van der Waals surface area contributed by atoms with Gasteiger partial charge in [-0.1, -0.05) is 29.8 Å². The maximum Gasteiger partial charge on any atom is 0.405 e. The average molecular weight is 492 g/mol. The van der Waals surface area contributed by atoms with Gasteiger partial charge in [0.1, 0.15) is 12.4 Å². The lowest BCUT2D eigenvalue weighted by atomic mass is 9.91. The van der Waals surface area contributed by atoms with Crippen molar-refractivity contribution < 1.29 is 28.6 Å². The second-order valence-corrected chi connectivity index (χ2v) is 8.35. The maximum absolute atomic E-state index is 14.4. The Bertz CT molecular complexity index is 1030. The van der Waals surface area contributed by atoms with Gasteiger partial charge in [-0.3, -0.25) is 14.5 Å². The zero-order valence-corrected chi connectivity index (χ0v) is 19.3. The van der Waals surface area contributed by atoms with Gasteiger partial charge in [-0.15, -0.1) is 0 Å². The smallest absolute Gasteiger partial charge is 0.405 e. The molecule has 34 heavy (non-hydrogen) atoms. The van der Waals surface area contributed by atoms with Gasteiger partial charge in [0.05, 0.1) is 24.8 Å². The highest BCUT2D eigenvalue weighted by Crippen LogP contribution is 2.28. The molecule has 0 radical (unpaired) electrons. The van der Waals surface area contributed by atoms with Crippen LogP contribution in [0.15, 0.2) is 42.5 Å². The van der Waals surface area contributed by atoms with E-state index in [0.717, 1.165) is 19.6 Å². The van der Waals surface area contributed by atoms with Gasteiger partial charge in [0.2, 0.25) is 5.91 Å². The predicted octanol–water partition coefficient (Wildman–Crippen LogP) is 3.25. The van der Waals surface area contributed by atoms with Crippen molar-refractivity contribution in [1.29, 1.82) is 0 Å². The molecule has 2 aromatic carbocycles. The number of ether oxygens (including phenoxy) is 1. The van der Waals surface area contributed by atoms with Crippen molar-refractivity contribution in [1.82, 2.24) is 15.5 Å². The highest BCUT2D eigenvalue weighted by atomic mass is 35.5. The first-order valence-corrected chi connectivity index (χ1v) is 11.4. The number of carboxylic acid groups (broad SMARTS) is 1. The molecule has 1 aliphatic rings. The van der Waals surface area contributed by atoms with Gasteiger partial charge >= 0.3 is 6.09 Å². The third-order valence-electron chi connectivity index (χ3n) is 5.56. The molecule has 0 aliphatic carbocycles. The summed E-state index contributed by atoms with van der Waals surface area (Å²) in [6, 6.07) is 9.76. The van der Waals surface area contributed by atoms with E-state index < -0.39 is 36.2 Å². The Morgan fingerprint density at radius 2 is 1.85 bits per heavy atom. The lowest BCUT2D eigenvalue weighted by Crippen LogP contribution is -2.39. The van der Waals surface area contributed by atoms with Crippen LogP contribution in [-0.2, 0) is 9.53 Å². The van der Waals surface area contributed by atoms with Crippen molar-refractivity contribution in [3.05, 3.63) is 70.0 Å². The van der Waals surface area contributed by atoms with E-state index in [2.05, 4.69) is 10.2 Å². The molecule has 1 saturated heterocycles. The van der Waals surface area contributed by atoms with Crippen molar-refractivity contribution >= 4 is 29.4 Å². The molecule has 3 rings (SSSR count). The second kappa shape index (κ2) is 12.5. The Hall–Kier alpha value is -3.01. The van der Waals surface area contributed by atoms with Crippen LogP contribution in [0.2, 0.25) is 5.02 Å². The van der Waals surface area contributed by atoms with Crippen LogP contribution in [0.4, 0.5) is 9.18 Å². The molecular weight excluding hydrogens is 465 g/mol. The van der Waals surface area contributed by atoms with Crippen molar-refractivity contribution in [3.63, 3.8) is 0 Å². The van der Waals surface area contributed by atoms with Gasteiger partial charge in [0, 0.05) is 23.7 Å². The first-order chi connectivity index (χ1) is 16.3. The molecule has 3 N–H and O–H groups in total. The zero-order chi connectivity index (χ0) is 24.5. The Morgan fingerprint density at radius 3 is 2.56 bits per heavy atom. The van der Waals surface area contributed by atoms with Crippen molar-refractivity contribution in [2.24, 2.45) is 0 Å². The van der Waals surface area contributed by atoms with E-state index in [1.165, 1.54) is 24.3 Å². The molecule has 2 aromatic rings. The molecule has 10 heteroatoms. The summed E-state index contributed by atoms with van der Waals surface area (Å²) in [7, 11) is 0. The Labute approximate surface area is 202 Å². The molecule has 1 fully saturated rings. The number of carbonyl (C=O) groups is 3. The number of morpholine rings is 1. The fraction of sp³-hybridized carbons (Fsp3) is 0.375. The largest absolute Gasteiger partial charge is 0.465 e. The summed E-state index contributed by atoms with van der Waals surface area (Å²) >= 11 is 6.16. The summed E-state index contributed by atoms with van der Waals surface area (Å²) < 4.78 is 19.7. The summed E-state index contributed by atoms with van der Waals surface area (Å²) in [6.45, 7) is 3.31. The van der Waals surface area contributed by atoms with Crippen LogP contribution in [0.1, 0.15) is 40.4 Å². The van der Waals surface area contributed by atoms with Crippen LogP contribution in [0.3, 0.4) is 0 Å². The molecule has 1 heterocycles. The van der Waals surface area contributed by atoms with Gasteiger partial charge in [-0.05, 0) is 49.2 Å². The number of hydrogen-bond acceptors (Lipinski definition) is 5. The Kier molecular flexibility index (Phi) is 9.38. The topological polar surface area (TPSA) is 108 Å². The number of nitrogens with zero attached hydrogens (tertiary/aromatic N) is 1. The highest BCUT2D eigenvalue weighted by Gasteiger charge is 2.24. The van der Waals surface area contributed by atoms with E-state index in [1.807, 2.05) is 5.32 Å². The molecule has 1 atom stereocenters. The first kappa shape index (κ1) is 25.6. The molecular formula is C24H27ClFN3O5. The predicted molar refractivity (Wildman–Crippen MR) is 125 cm³/mol. The number of amides is 2. The van der Waals surface area contributed by atoms with Gasteiger partial charge in [0.25, 0.3) is 0 Å². The standard InChI is InChI=1S/C24H27ClFN3O5/c25-16-7-8-17(19(14-16)23(31)18-4-1-2-5-20(18)26)21(28-22(30)15-27-24(32)33)6-3-9-29-10-12-34-13-11-29/h1-2,4-5,7-8,14,21,27H,3,6,9-13,15H2,(H,28,30)(H,32,33). The number of halogens is 2. The summed E-state index contributed by atoms with van der Waals surface area (Å²) in [5.74, 6) is -1.75. The van der Waals surface area contributed by atoms with E-state index in [1.54, 1.807) is 18.2 Å². The summed E-state index contributed by atoms with van der Waals surface area (Å²) in [5.41, 5.74) is 0.570. The average Bonchev–Trinajstić information content (AvgIpc) is 2.82. The fourth-order valence-corrected chi connectivity index (χ4v) is 4.04. The first-order valence-electron chi connectivity index (χ1n) is 11.0. The second-order valence-electron chi connectivity index (χ2n) is 7.92. The molecule has 2 amide bonds. The summed E-state index contributed by atoms with van der Waals surface area (Å²) in [6.07, 6.45) is -0.135. The molecule has 0 spiro atoms. The van der Waals surface area contributed by atoms with E-state index in [0.29, 0.717) is 36.6 Å². The minimum absolute atomic E-state index is 0.100. The minimum atomic E-state index is -1.32. The van der Waals surface area contributed by atoms with E-state index >= 15 is 0 Å². The number of nitrogens with one attached hydrogen (secondary N) is 2.